The zero-order valence-corrected chi connectivity index (χ0v) is 15.1. The minimum absolute atomic E-state index is 0.297. The molecule has 1 fully saturated rings. The molecule has 5 nitrogen and oxygen atoms in total. The summed E-state index contributed by atoms with van der Waals surface area (Å²) in [7, 11) is 0. The second-order valence-corrected chi connectivity index (χ2v) is 7.31. The Morgan fingerprint density at radius 2 is 2.04 bits per heavy atom. The largest absolute Gasteiger partial charge is 0.361 e. The minimum atomic E-state index is -1.01. The van der Waals surface area contributed by atoms with Crippen LogP contribution in [0.1, 0.15) is 17.5 Å². The monoisotopic (exact) mass is 362 g/mol. The number of nitrogens with zero attached hydrogens (tertiary/aromatic N) is 2. The molecule has 3 aromatic heterocycles. The Balaban J connectivity index is 1.56. The average molecular weight is 362 g/mol. The highest BCUT2D eigenvalue weighted by Crippen LogP contribution is 2.35. The fourth-order valence-corrected chi connectivity index (χ4v) is 3.72. The van der Waals surface area contributed by atoms with Crippen LogP contribution >= 0.6 is 0 Å². The summed E-state index contributed by atoms with van der Waals surface area (Å²) in [5.41, 5.74) is 6.50. The van der Waals surface area contributed by atoms with Gasteiger partial charge in [0.2, 0.25) is 5.91 Å². The zero-order valence-electron chi connectivity index (χ0n) is 15.1. The standard InChI is InChI=1S/C21H19FN4O/c1-11-3-5-16-20(12(2)8-23-16)19(11)13-4-6-18-24-17(10-26(18)9-13)25-21(27)14-7-15(14)22/h3-6,8-10,14-15,23H,7H2,1-2H3,(H,25,27)/t14-,15+/m1/s1. The van der Waals surface area contributed by atoms with Gasteiger partial charge in [-0.15, -0.1) is 0 Å². The highest BCUT2D eigenvalue weighted by Gasteiger charge is 2.43. The number of aromatic nitrogens is 3. The quantitative estimate of drug-likeness (QED) is 0.568. The van der Waals surface area contributed by atoms with E-state index in [2.05, 4.69) is 41.3 Å². The van der Waals surface area contributed by atoms with E-state index in [1.165, 1.54) is 22.1 Å². The molecule has 0 bridgehead atoms. The molecular formula is C21H19FN4O. The normalized spacial score (nSPS) is 18.9. The number of benzene rings is 1. The summed E-state index contributed by atoms with van der Waals surface area (Å²) in [6, 6.07) is 8.18. The average Bonchev–Trinajstić information content (AvgIpc) is 3.07. The fraction of sp³-hybridized carbons (Fsp3) is 0.238. The summed E-state index contributed by atoms with van der Waals surface area (Å²) in [5, 5.41) is 3.93. The molecule has 1 aliphatic carbocycles. The number of imidazole rings is 1. The van der Waals surface area contributed by atoms with Gasteiger partial charge in [-0.3, -0.25) is 4.79 Å². The minimum Gasteiger partial charge on any atom is -0.361 e. The number of halogens is 1. The second kappa shape index (κ2) is 5.67. The van der Waals surface area contributed by atoms with Gasteiger partial charge in [-0.2, -0.15) is 0 Å². The first-order chi connectivity index (χ1) is 13.0. The molecule has 4 aromatic rings. The number of pyridine rings is 1. The van der Waals surface area contributed by atoms with E-state index in [1.54, 1.807) is 6.20 Å². The maximum absolute atomic E-state index is 13.1. The Kier molecular flexibility index (Phi) is 3.37. The van der Waals surface area contributed by atoms with E-state index in [4.69, 9.17) is 0 Å². The van der Waals surface area contributed by atoms with Crippen molar-refractivity contribution in [3.63, 3.8) is 0 Å². The van der Waals surface area contributed by atoms with Gasteiger partial charge >= 0.3 is 0 Å². The van der Waals surface area contributed by atoms with Crippen molar-refractivity contribution in [2.24, 2.45) is 5.92 Å². The number of alkyl halides is 1. The van der Waals surface area contributed by atoms with Gasteiger partial charge in [-0.25, -0.2) is 9.37 Å². The number of aryl methyl sites for hydroxylation is 2. The number of rotatable bonds is 3. The van der Waals surface area contributed by atoms with Crippen LogP contribution < -0.4 is 5.32 Å². The summed E-state index contributed by atoms with van der Waals surface area (Å²) in [5.74, 6) is -0.374. The maximum Gasteiger partial charge on any atom is 0.231 e. The van der Waals surface area contributed by atoms with Crippen LogP contribution in [0.4, 0.5) is 10.2 Å². The van der Waals surface area contributed by atoms with Gasteiger partial charge in [0, 0.05) is 23.3 Å². The third-order valence-electron chi connectivity index (χ3n) is 5.29. The van der Waals surface area contributed by atoms with Crippen LogP contribution in [-0.4, -0.2) is 26.4 Å². The number of carbonyl (C=O) groups excluding carboxylic acids is 1. The number of nitrogens with one attached hydrogen (secondary N) is 2. The van der Waals surface area contributed by atoms with Crippen LogP contribution in [-0.2, 0) is 4.79 Å². The molecule has 0 aliphatic heterocycles. The van der Waals surface area contributed by atoms with Crippen LogP contribution in [0.15, 0.2) is 42.9 Å². The number of amides is 1. The molecule has 1 saturated carbocycles. The van der Waals surface area contributed by atoms with Gasteiger partial charge < -0.3 is 14.7 Å². The number of aromatic amines is 1. The predicted octanol–water partition coefficient (Wildman–Crippen LogP) is 4.40. The molecule has 0 unspecified atom stereocenters. The Bertz CT molecular complexity index is 1210. The lowest BCUT2D eigenvalue weighted by atomic mass is 9.96. The van der Waals surface area contributed by atoms with Crippen LogP contribution in [0.25, 0.3) is 27.7 Å². The van der Waals surface area contributed by atoms with E-state index >= 15 is 0 Å². The summed E-state index contributed by atoms with van der Waals surface area (Å²) in [6.07, 6.45) is 5.10. The molecule has 1 aromatic carbocycles. The Hall–Kier alpha value is -3.15. The van der Waals surface area contributed by atoms with E-state index in [0.29, 0.717) is 12.2 Å². The fourth-order valence-electron chi connectivity index (χ4n) is 3.72. The van der Waals surface area contributed by atoms with E-state index in [-0.39, 0.29) is 5.91 Å². The zero-order chi connectivity index (χ0) is 18.7. The SMILES string of the molecule is Cc1ccc2[nH]cc(C)c2c1-c1ccc2nc(NC(=O)[C@@H]3C[C@@H]3F)cn2c1. The lowest BCUT2D eigenvalue weighted by Gasteiger charge is -2.10. The Labute approximate surface area is 155 Å². The number of carbonyl (C=O) groups is 1. The predicted molar refractivity (Wildman–Crippen MR) is 104 cm³/mol. The summed E-state index contributed by atoms with van der Waals surface area (Å²) >= 11 is 0. The van der Waals surface area contributed by atoms with E-state index in [9.17, 15) is 9.18 Å². The van der Waals surface area contributed by atoms with Crippen molar-refractivity contribution in [2.45, 2.75) is 26.4 Å². The number of fused-ring (bicyclic) bond motifs is 2. The summed E-state index contributed by atoms with van der Waals surface area (Å²) in [6.45, 7) is 4.20. The van der Waals surface area contributed by atoms with Gasteiger partial charge in [0.25, 0.3) is 0 Å². The highest BCUT2D eigenvalue weighted by atomic mass is 19.1. The molecule has 6 heteroatoms. The van der Waals surface area contributed by atoms with Crippen molar-refractivity contribution >= 4 is 28.3 Å². The van der Waals surface area contributed by atoms with Crippen molar-refractivity contribution in [1.82, 2.24) is 14.4 Å². The van der Waals surface area contributed by atoms with Crippen LogP contribution in [0.3, 0.4) is 0 Å². The van der Waals surface area contributed by atoms with E-state index in [1.807, 2.05) is 28.9 Å². The number of anilines is 1. The van der Waals surface area contributed by atoms with Crippen molar-refractivity contribution < 1.29 is 9.18 Å². The molecular weight excluding hydrogens is 343 g/mol. The van der Waals surface area contributed by atoms with E-state index in [0.717, 1.165) is 16.7 Å². The molecule has 0 spiro atoms. The van der Waals surface area contributed by atoms with Crippen molar-refractivity contribution in [3.05, 3.63) is 54.0 Å². The van der Waals surface area contributed by atoms with Crippen molar-refractivity contribution in [2.75, 3.05) is 5.32 Å². The van der Waals surface area contributed by atoms with Gasteiger partial charge in [-0.05, 0) is 60.7 Å². The molecule has 27 heavy (non-hydrogen) atoms. The topological polar surface area (TPSA) is 62.2 Å². The van der Waals surface area contributed by atoms with Crippen molar-refractivity contribution in [3.8, 4) is 11.1 Å². The van der Waals surface area contributed by atoms with Gasteiger partial charge in [0.05, 0.1) is 12.1 Å². The lowest BCUT2D eigenvalue weighted by Crippen LogP contribution is -2.15. The third-order valence-corrected chi connectivity index (χ3v) is 5.29. The first kappa shape index (κ1) is 16.1. The van der Waals surface area contributed by atoms with Crippen LogP contribution in [0.2, 0.25) is 0 Å². The first-order valence-electron chi connectivity index (χ1n) is 9.02. The second-order valence-electron chi connectivity index (χ2n) is 7.31. The molecule has 2 N–H and O–H groups in total. The first-order valence-corrected chi connectivity index (χ1v) is 9.02. The number of hydrogen-bond donors (Lipinski definition) is 2. The maximum atomic E-state index is 13.1. The molecule has 0 radical (unpaired) electrons. The smallest absolute Gasteiger partial charge is 0.231 e. The Morgan fingerprint density at radius 3 is 2.81 bits per heavy atom. The van der Waals surface area contributed by atoms with Crippen LogP contribution in [0.5, 0.6) is 0 Å². The molecule has 136 valence electrons. The van der Waals surface area contributed by atoms with Gasteiger partial charge in [0.1, 0.15) is 11.8 Å². The molecule has 3 heterocycles. The molecule has 1 amide bonds. The molecule has 1 aliphatic rings. The Morgan fingerprint density at radius 1 is 1.22 bits per heavy atom. The third kappa shape index (κ3) is 2.60. The summed E-state index contributed by atoms with van der Waals surface area (Å²) < 4.78 is 15.0. The molecule has 5 rings (SSSR count). The molecule has 2 atom stereocenters. The van der Waals surface area contributed by atoms with E-state index < -0.39 is 12.1 Å². The number of hydrogen-bond acceptors (Lipinski definition) is 2. The van der Waals surface area contributed by atoms with Crippen molar-refractivity contribution in [1.29, 1.82) is 0 Å². The van der Waals surface area contributed by atoms with Crippen LogP contribution in [0, 0.1) is 19.8 Å². The molecule has 0 saturated heterocycles. The number of H-pyrrole nitrogens is 1. The summed E-state index contributed by atoms with van der Waals surface area (Å²) in [4.78, 5) is 19.7. The lowest BCUT2D eigenvalue weighted by molar-refractivity contribution is -0.117. The van der Waals surface area contributed by atoms with Gasteiger partial charge in [-0.1, -0.05) is 6.07 Å². The highest BCUT2D eigenvalue weighted by molar-refractivity contribution is 5.99. The van der Waals surface area contributed by atoms with Gasteiger partial charge in [0.15, 0.2) is 5.82 Å².